The Labute approximate surface area is 129 Å². The molecule has 1 saturated heterocycles. The summed E-state index contributed by atoms with van der Waals surface area (Å²) >= 11 is 0. The monoisotopic (exact) mass is 304 g/mol. The highest BCUT2D eigenvalue weighted by molar-refractivity contribution is 6.06. The molecule has 6 nitrogen and oxygen atoms in total. The maximum atomic E-state index is 12.6. The first-order valence-electron chi connectivity index (χ1n) is 7.42. The van der Waals surface area contributed by atoms with Crippen LogP contribution in [0.3, 0.4) is 0 Å². The SMILES string of the molecule is CC(C)CN1C(=O)N[C@@](C)(Cc2ccc3c(c2)OCO3)C1=O. The minimum absolute atomic E-state index is 0.177. The lowest BCUT2D eigenvalue weighted by Gasteiger charge is -2.22. The lowest BCUT2D eigenvalue weighted by atomic mass is 9.92. The quantitative estimate of drug-likeness (QED) is 0.863. The largest absolute Gasteiger partial charge is 0.454 e. The van der Waals surface area contributed by atoms with E-state index in [2.05, 4.69) is 5.32 Å². The Morgan fingerprint density at radius 2 is 2.00 bits per heavy atom. The predicted octanol–water partition coefficient (Wildman–Crippen LogP) is 1.92. The maximum absolute atomic E-state index is 12.6. The van der Waals surface area contributed by atoms with Crippen LogP contribution in [-0.2, 0) is 11.2 Å². The zero-order chi connectivity index (χ0) is 15.9. The van der Waals surface area contributed by atoms with Crippen molar-refractivity contribution in [2.75, 3.05) is 13.3 Å². The highest BCUT2D eigenvalue weighted by Gasteiger charge is 2.47. The number of imide groups is 1. The summed E-state index contributed by atoms with van der Waals surface area (Å²) < 4.78 is 10.6. The Morgan fingerprint density at radius 1 is 1.27 bits per heavy atom. The van der Waals surface area contributed by atoms with Gasteiger partial charge in [-0.1, -0.05) is 19.9 Å². The molecule has 0 spiro atoms. The van der Waals surface area contributed by atoms with Crippen molar-refractivity contribution in [3.8, 4) is 11.5 Å². The van der Waals surface area contributed by atoms with Gasteiger partial charge in [0.05, 0.1) is 0 Å². The average molecular weight is 304 g/mol. The molecule has 22 heavy (non-hydrogen) atoms. The van der Waals surface area contributed by atoms with E-state index < -0.39 is 5.54 Å². The Morgan fingerprint density at radius 3 is 2.73 bits per heavy atom. The van der Waals surface area contributed by atoms with Gasteiger partial charge in [0.15, 0.2) is 11.5 Å². The summed E-state index contributed by atoms with van der Waals surface area (Å²) in [7, 11) is 0. The zero-order valence-electron chi connectivity index (χ0n) is 13.0. The molecule has 0 radical (unpaired) electrons. The van der Waals surface area contributed by atoms with Crippen molar-refractivity contribution in [1.82, 2.24) is 10.2 Å². The van der Waals surface area contributed by atoms with Crippen LogP contribution in [0.5, 0.6) is 11.5 Å². The Kier molecular flexibility index (Phi) is 3.47. The van der Waals surface area contributed by atoms with Crippen molar-refractivity contribution in [2.45, 2.75) is 32.7 Å². The second kappa shape index (κ2) is 5.19. The number of rotatable bonds is 4. The van der Waals surface area contributed by atoms with Crippen LogP contribution >= 0.6 is 0 Å². The van der Waals surface area contributed by atoms with Crippen molar-refractivity contribution in [3.05, 3.63) is 23.8 Å². The van der Waals surface area contributed by atoms with Crippen LogP contribution in [0.2, 0.25) is 0 Å². The van der Waals surface area contributed by atoms with E-state index in [0.717, 1.165) is 5.56 Å². The zero-order valence-corrected chi connectivity index (χ0v) is 13.0. The number of hydrogen-bond donors (Lipinski definition) is 1. The number of ether oxygens (including phenoxy) is 2. The molecule has 0 unspecified atom stereocenters. The molecule has 2 aliphatic rings. The molecule has 2 aliphatic heterocycles. The van der Waals surface area contributed by atoms with E-state index in [1.807, 2.05) is 32.0 Å². The van der Waals surface area contributed by atoms with Gasteiger partial charge in [0.1, 0.15) is 5.54 Å². The van der Waals surface area contributed by atoms with Gasteiger partial charge < -0.3 is 14.8 Å². The third-order valence-electron chi connectivity index (χ3n) is 3.89. The molecule has 3 amide bonds. The Hall–Kier alpha value is -2.24. The van der Waals surface area contributed by atoms with Gasteiger partial charge >= 0.3 is 6.03 Å². The van der Waals surface area contributed by atoms with Crippen LogP contribution in [0.15, 0.2) is 18.2 Å². The second-order valence-corrected chi connectivity index (χ2v) is 6.44. The van der Waals surface area contributed by atoms with E-state index in [9.17, 15) is 9.59 Å². The number of amides is 3. The molecular formula is C16H20N2O4. The van der Waals surface area contributed by atoms with Crippen LogP contribution in [-0.4, -0.2) is 35.7 Å². The first-order valence-corrected chi connectivity index (χ1v) is 7.42. The van der Waals surface area contributed by atoms with E-state index >= 15 is 0 Å². The Balaban J connectivity index is 1.79. The van der Waals surface area contributed by atoms with Crippen molar-refractivity contribution >= 4 is 11.9 Å². The number of carbonyl (C=O) groups excluding carboxylic acids is 2. The van der Waals surface area contributed by atoms with Gasteiger partial charge in [0.25, 0.3) is 5.91 Å². The second-order valence-electron chi connectivity index (χ2n) is 6.44. The molecular weight excluding hydrogens is 284 g/mol. The predicted molar refractivity (Wildman–Crippen MR) is 79.8 cm³/mol. The van der Waals surface area contributed by atoms with Crippen LogP contribution < -0.4 is 14.8 Å². The van der Waals surface area contributed by atoms with Crippen LogP contribution in [0.25, 0.3) is 0 Å². The van der Waals surface area contributed by atoms with E-state index in [4.69, 9.17) is 9.47 Å². The summed E-state index contributed by atoms with van der Waals surface area (Å²) in [6.07, 6.45) is 0.419. The fraction of sp³-hybridized carbons (Fsp3) is 0.500. The number of benzene rings is 1. The lowest BCUT2D eigenvalue weighted by Crippen LogP contribution is -2.46. The summed E-state index contributed by atoms with van der Waals surface area (Å²) in [6, 6.07) is 5.26. The van der Waals surface area contributed by atoms with Crippen molar-refractivity contribution < 1.29 is 19.1 Å². The summed E-state index contributed by atoms with van der Waals surface area (Å²) in [5, 5.41) is 2.82. The third-order valence-corrected chi connectivity index (χ3v) is 3.89. The van der Waals surface area contributed by atoms with Gasteiger partial charge in [-0.05, 0) is 30.5 Å². The van der Waals surface area contributed by atoms with Crippen molar-refractivity contribution in [2.24, 2.45) is 5.92 Å². The molecule has 2 heterocycles. The minimum Gasteiger partial charge on any atom is -0.454 e. The van der Waals surface area contributed by atoms with Crippen LogP contribution in [0.4, 0.5) is 4.79 Å². The lowest BCUT2D eigenvalue weighted by molar-refractivity contribution is -0.131. The molecule has 3 rings (SSSR count). The molecule has 0 aromatic heterocycles. The fourth-order valence-electron chi connectivity index (χ4n) is 2.86. The molecule has 1 aromatic rings. The van der Waals surface area contributed by atoms with Crippen LogP contribution in [0, 0.1) is 5.92 Å². The minimum atomic E-state index is -0.917. The number of carbonyl (C=O) groups is 2. The van der Waals surface area contributed by atoms with E-state index in [1.54, 1.807) is 6.92 Å². The van der Waals surface area contributed by atoms with E-state index in [0.29, 0.717) is 24.5 Å². The molecule has 0 aliphatic carbocycles. The maximum Gasteiger partial charge on any atom is 0.325 e. The normalized spacial score (nSPS) is 23.4. The van der Waals surface area contributed by atoms with Gasteiger partial charge in [0.2, 0.25) is 6.79 Å². The smallest absolute Gasteiger partial charge is 0.325 e. The summed E-state index contributed by atoms with van der Waals surface area (Å²) in [5.74, 6) is 1.44. The van der Waals surface area contributed by atoms with Gasteiger partial charge in [-0.2, -0.15) is 0 Å². The first kappa shape index (κ1) is 14.7. The molecule has 118 valence electrons. The topological polar surface area (TPSA) is 67.9 Å². The molecule has 1 aromatic carbocycles. The number of hydrogen-bond acceptors (Lipinski definition) is 4. The number of nitrogens with one attached hydrogen (secondary N) is 1. The van der Waals surface area contributed by atoms with E-state index in [-0.39, 0.29) is 24.6 Å². The Bertz CT molecular complexity index is 629. The van der Waals surface area contributed by atoms with Gasteiger partial charge in [-0.25, -0.2) is 4.79 Å². The highest BCUT2D eigenvalue weighted by Crippen LogP contribution is 2.34. The van der Waals surface area contributed by atoms with Gasteiger partial charge in [-0.3, -0.25) is 9.69 Å². The standard InChI is InChI=1S/C16H20N2O4/c1-10(2)8-18-14(19)16(3,17-15(18)20)7-11-4-5-12-13(6-11)22-9-21-12/h4-6,10H,7-9H2,1-3H3,(H,17,20)/t16-/m0/s1. The third kappa shape index (κ3) is 2.49. The van der Waals surface area contributed by atoms with E-state index in [1.165, 1.54) is 4.90 Å². The highest BCUT2D eigenvalue weighted by atomic mass is 16.7. The molecule has 1 atom stereocenters. The molecule has 0 bridgehead atoms. The van der Waals surface area contributed by atoms with Crippen molar-refractivity contribution in [1.29, 1.82) is 0 Å². The molecule has 6 heteroatoms. The molecule has 0 saturated carbocycles. The number of nitrogens with zero attached hydrogens (tertiary/aromatic N) is 1. The fourth-order valence-corrected chi connectivity index (χ4v) is 2.86. The number of urea groups is 1. The van der Waals surface area contributed by atoms with Gasteiger partial charge in [-0.15, -0.1) is 0 Å². The summed E-state index contributed by atoms with van der Waals surface area (Å²) in [4.78, 5) is 26.0. The van der Waals surface area contributed by atoms with Gasteiger partial charge in [0, 0.05) is 13.0 Å². The van der Waals surface area contributed by atoms with Crippen molar-refractivity contribution in [3.63, 3.8) is 0 Å². The summed E-state index contributed by atoms with van der Waals surface area (Å²) in [5.41, 5.74) is 0.00597. The summed E-state index contributed by atoms with van der Waals surface area (Å²) in [6.45, 7) is 6.37. The molecule has 1 fully saturated rings. The first-order chi connectivity index (χ1) is 10.4. The number of fused-ring (bicyclic) bond motifs is 1. The van der Waals surface area contributed by atoms with Crippen LogP contribution in [0.1, 0.15) is 26.3 Å². The molecule has 1 N–H and O–H groups in total. The average Bonchev–Trinajstić information content (AvgIpc) is 2.97.